The van der Waals surface area contributed by atoms with E-state index >= 15 is 0 Å². The van der Waals surface area contributed by atoms with Gasteiger partial charge in [-0.15, -0.1) is 0 Å². The van der Waals surface area contributed by atoms with Crippen LogP contribution in [-0.4, -0.2) is 70.9 Å². The summed E-state index contributed by atoms with van der Waals surface area (Å²) < 4.78 is 0. The Kier molecular flexibility index (Phi) is 7.00. The topological polar surface area (TPSA) is 116 Å². The van der Waals surface area contributed by atoms with Crippen LogP contribution in [0.4, 0.5) is 0 Å². The molecule has 1 heterocycles. The molecule has 8 nitrogen and oxygen atoms in total. The predicted molar refractivity (Wildman–Crippen MR) is 76.8 cm³/mol. The van der Waals surface area contributed by atoms with Gasteiger partial charge in [-0.25, -0.2) is 0 Å². The van der Waals surface area contributed by atoms with Crippen molar-refractivity contribution in [3.05, 3.63) is 0 Å². The fraction of sp³-hybridized carbons (Fsp3) is 0.667. The van der Waals surface area contributed by atoms with Crippen molar-refractivity contribution in [2.75, 3.05) is 31.1 Å². The second-order valence-electron chi connectivity index (χ2n) is 4.60. The van der Waals surface area contributed by atoms with Crippen molar-refractivity contribution in [1.29, 1.82) is 0 Å². The van der Waals surface area contributed by atoms with E-state index in [0.717, 1.165) is 5.75 Å². The molecule has 1 saturated heterocycles. The molecule has 1 unspecified atom stereocenters. The first-order valence-corrected chi connectivity index (χ1v) is 7.65. The number of carboxylic acid groups (broad SMARTS) is 1. The van der Waals surface area contributed by atoms with E-state index in [2.05, 4.69) is 10.6 Å². The maximum absolute atomic E-state index is 12.1. The summed E-state index contributed by atoms with van der Waals surface area (Å²) in [6, 6.07) is -0.346. The Morgan fingerprint density at radius 1 is 1.24 bits per heavy atom. The van der Waals surface area contributed by atoms with Gasteiger partial charge in [0.05, 0.1) is 25.6 Å². The number of hydrogen-bond acceptors (Lipinski definition) is 5. The van der Waals surface area contributed by atoms with Crippen molar-refractivity contribution >= 4 is 35.5 Å². The summed E-state index contributed by atoms with van der Waals surface area (Å²) in [5.41, 5.74) is 0. The van der Waals surface area contributed by atoms with Gasteiger partial charge in [-0.05, 0) is 0 Å². The second-order valence-corrected chi connectivity index (χ2v) is 5.75. The minimum atomic E-state index is -0.949. The Hall–Kier alpha value is -1.77. The van der Waals surface area contributed by atoms with Crippen LogP contribution in [0.2, 0.25) is 0 Å². The highest BCUT2D eigenvalue weighted by atomic mass is 32.2. The highest BCUT2D eigenvalue weighted by Gasteiger charge is 2.28. The van der Waals surface area contributed by atoms with Crippen LogP contribution in [0.3, 0.4) is 0 Å². The van der Waals surface area contributed by atoms with Crippen molar-refractivity contribution in [3.63, 3.8) is 0 Å². The number of thioether (sulfide) groups is 1. The van der Waals surface area contributed by atoms with Gasteiger partial charge in [-0.1, -0.05) is 0 Å². The molecule has 1 fully saturated rings. The van der Waals surface area contributed by atoms with Gasteiger partial charge in [-0.3, -0.25) is 19.2 Å². The summed E-state index contributed by atoms with van der Waals surface area (Å²) in [5.74, 6) is -0.710. The average Bonchev–Trinajstić information content (AvgIpc) is 2.42. The molecule has 3 amide bonds. The minimum absolute atomic E-state index is 0.0986. The van der Waals surface area contributed by atoms with E-state index in [1.54, 1.807) is 11.8 Å². The van der Waals surface area contributed by atoms with Gasteiger partial charge in [0.15, 0.2) is 0 Å². The van der Waals surface area contributed by atoms with Gasteiger partial charge in [-0.2, -0.15) is 11.8 Å². The molecular formula is C12H19N3O5S. The van der Waals surface area contributed by atoms with Crippen LogP contribution in [-0.2, 0) is 19.2 Å². The molecule has 0 saturated carbocycles. The Morgan fingerprint density at radius 2 is 1.95 bits per heavy atom. The lowest BCUT2D eigenvalue weighted by Gasteiger charge is -2.34. The first-order valence-electron chi connectivity index (χ1n) is 6.50. The van der Waals surface area contributed by atoms with Crippen LogP contribution in [0.1, 0.15) is 13.3 Å². The summed E-state index contributed by atoms with van der Waals surface area (Å²) >= 11 is 1.61. The van der Waals surface area contributed by atoms with Crippen molar-refractivity contribution in [2.45, 2.75) is 19.4 Å². The van der Waals surface area contributed by atoms with Crippen LogP contribution in [0.15, 0.2) is 0 Å². The Morgan fingerprint density at radius 3 is 2.57 bits per heavy atom. The molecule has 0 aliphatic carbocycles. The molecular weight excluding hydrogens is 298 g/mol. The van der Waals surface area contributed by atoms with Crippen LogP contribution in [0.5, 0.6) is 0 Å². The molecule has 1 atom stereocenters. The van der Waals surface area contributed by atoms with Crippen molar-refractivity contribution in [1.82, 2.24) is 15.5 Å². The minimum Gasteiger partial charge on any atom is -0.481 e. The van der Waals surface area contributed by atoms with E-state index in [1.807, 2.05) is 0 Å². The van der Waals surface area contributed by atoms with Crippen LogP contribution >= 0.6 is 11.8 Å². The SMILES string of the molecule is CC(=O)NCC(=O)NCC(=O)N1CCSCC1CC(=O)O. The van der Waals surface area contributed by atoms with Crippen LogP contribution < -0.4 is 10.6 Å². The molecule has 1 aliphatic heterocycles. The summed E-state index contributed by atoms with van der Waals surface area (Å²) in [7, 11) is 0. The standard InChI is InChI=1S/C12H19N3O5S/c1-8(16)13-5-10(17)14-6-11(18)15-2-3-21-7-9(15)4-12(19)20/h9H,2-7H2,1H3,(H,13,16)(H,14,17)(H,19,20). The number of amides is 3. The summed E-state index contributed by atoms with van der Waals surface area (Å²) in [4.78, 5) is 46.4. The maximum Gasteiger partial charge on any atom is 0.305 e. The normalized spacial score (nSPS) is 18.0. The molecule has 118 valence electrons. The lowest BCUT2D eigenvalue weighted by atomic mass is 10.2. The maximum atomic E-state index is 12.1. The quantitative estimate of drug-likeness (QED) is 0.558. The number of nitrogens with zero attached hydrogens (tertiary/aromatic N) is 1. The molecule has 21 heavy (non-hydrogen) atoms. The molecule has 0 bridgehead atoms. The van der Waals surface area contributed by atoms with E-state index < -0.39 is 11.9 Å². The number of carbonyl (C=O) groups is 4. The summed E-state index contributed by atoms with van der Waals surface area (Å²) in [6.45, 7) is 1.39. The van der Waals surface area contributed by atoms with E-state index in [9.17, 15) is 19.2 Å². The predicted octanol–water partition coefficient (Wildman–Crippen LogP) is -1.34. The van der Waals surface area contributed by atoms with E-state index in [4.69, 9.17) is 5.11 Å². The first-order chi connectivity index (χ1) is 9.90. The fourth-order valence-corrected chi connectivity index (χ4v) is 2.96. The largest absolute Gasteiger partial charge is 0.481 e. The monoisotopic (exact) mass is 317 g/mol. The summed E-state index contributed by atoms with van der Waals surface area (Å²) in [5, 5.41) is 13.6. The molecule has 0 spiro atoms. The second kappa shape index (κ2) is 8.50. The zero-order valence-electron chi connectivity index (χ0n) is 11.8. The molecule has 0 aromatic heterocycles. The lowest BCUT2D eigenvalue weighted by Crippen LogP contribution is -2.51. The third-order valence-corrected chi connectivity index (χ3v) is 3.98. The third-order valence-electron chi connectivity index (χ3n) is 2.89. The highest BCUT2D eigenvalue weighted by Crippen LogP contribution is 2.18. The number of hydrogen-bond donors (Lipinski definition) is 3. The number of nitrogens with one attached hydrogen (secondary N) is 2. The Balaban J connectivity index is 2.43. The van der Waals surface area contributed by atoms with Crippen molar-refractivity contribution in [3.8, 4) is 0 Å². The molecule has 3 N–H and O–H groups in total. The zero-order valence-corrected chi connectivity index (χ0v) is 12.6. The number of aliphatic carboxylic acids is 1. The number of carboxylic acids is 1. The van der Waals surface area contributed by atoms with Gasteiger partial charge in [0, 0.05) is 25.0 Å². The van der Waals surface area contributed by atoms with Gasteiger partial charge in [0.2, 0.25) is 17.7 Å². The van der Waals surface area contributed by atoms with Gasteiger partial charge >= 0.3 is 5.97 Å². The van der Waals surface area contributed by atoms with E-state index in [1.165, 1.54) is 11.8 Å². The molecule has 0 radical (unpaired) electrons. The molecule has 0 aromatic rings. The first kappa shape index (κ1) is 17.3. The van der Waals surface area contributed by atoms with Crippen LogP contribution in [0, 0.1) is 0 Å². The van der Waals surface area contributed by atoms with E-state index in [0.29, 0.717) is 12.3 Å². The molecule has 1 aliphatic rings. The molecule has 0 aromatic carbocycles. The van der Waals surface area contributed by atoms with Crippen molar-refractivity contribution < 1.29 is 24.3 Å². The number of carbonyl (C=O) groups excluding carboxylic acids is 3. The average molecular weight is 317 g/mol. The smallest absolute Gasteiger partial charge is 0.305 e. The highest BCUT2D eigenvalue weighted by molar-refractivity contribution is 7.99. The lowest BCUT2D eigenvalue weighted by molar-refractivity contribution is -0.140. The Labute approximate surface area is 126 Å². The van der Waals surface area contributed by atoms with Crippen LogP contribution in [0.25, 0.3) is 0 Å². The van der Waals surface area contributed by atoms with Crippen molar-refractivity contribution in [2.24, 2.45) is 0 Å². The third kappa shape index (κ3) is 6.48. The summed E-state index contributed by atoms with van der Waals surface area (Å²) in [6.07, 6.45) is -0.0986. The van der Waals surface area contributed by atoms with E-state index in [-0.39, 0.29) is 37.4 Å². The fourth-order valence-electron chi connectivity index (χ4n) is 1.90. The molecule has 9 heteroatoms. The van der Waals surface area contributed by atoms with Gasteiger partial charge < -0.3 is 20.6 Å². The van der Waals surface area contributed by atoms with Gasteiger partial charge in [0.1, 0.15) is 0 Å². The number of rotatable bonds is 6. The van der Waals surface area contributed by atoms with Gasteiger partial charge in [0.25, 0.3) is 0 Å². The Bertz CT molecular complexity index is 429. The zero-order chi connectivity index (χ0) is 15.8. The molecule has 1 rings (SSSR count).